The summed E-state index contributed by atoms with van der Waals surface area (Å²) in [4.78, 5) is 24.6. The molecule has 0 spiro atoms. The van der Waals surface area contributed by atoms with Crippen molar-refractivity contribution in [3.63, 3.8) is 0 Å². The number of carboxylic acids is 1. The molecule has 2 N–H and O–H groups in total. The molecule has 6 nitrogen and oxygen atoms in total. The molecule has 2 unspecified atom stereocenters. The first-order chi connectivity index (χ1) is 9.51. The van der Waals surface area contributed by atoms with Gasteiger partial charge in [0.1, 0.15) is 0 Å². The third-order valence-electron chi connectivity index (χ3n) is 3.46. The molecule has 0 bridgehead atoms. The predicted molar refractivity (Wildman–Crippen MR) is 72.0 cm³/mol. The van der Waals surface area contributed by atoms with Gasteiger partial charge in [-0.2, -0.15) is 5.26 Å². The van der Waals surface area contributed by atoms with E-state index in [1.165, 1.54) is 4.90 Å². The molecule has 1 saturated heterocycles. The summed E-state index contributed by atoms with van der Waals surface area (Å²) in [6, 6.07) is 8.25. The molecular weight excluding hydrogens is 258 g/mol. The summed E-state index contributed by atoms with van der Waals surface area (Å²) in [6.45, 7) is 2.45. The molecule has 20 heavy (non-hydrogen) atoms. The van der Waals surface area contributed by atoms with Crippen LogP contribution in [-0.2, 0) is 4.79 Å². The zero-order chi connectivity index (χ0) is 14.7. The van der Waals surface area contributed by atoms with Gasteiger partial charge in [-0.25, -0.2) is 4.79 Å². The average molecular weight is 273 g/mol. The largest absolute Gasteiger partial charge is 0.481 e. The van der Waals surface area contributed by atoms with Crippen LogP contribution in [0.5, 0.6) is 0 Å². The summed E-state index contributed by atoms with van der Waals surface area (Å²) in [5, 5.41) is 20.5. The second-order valence-electron chi connectivity index (χ2n) is 4.95. The molecule has 2 rings (SSSR count). The zero-order valence-electron chi connectivity index (χ0n) is 11.0. The smallest absolute Gasteiger partial charge is 0.321 e. The molecule has 104 valence electrons. The van der Waals surface area contributed by atoms with Gasteiger partial charge in [0.15, 0.2) is 0 Å². The van der Waals surface area contributed by atoms with Crippen LogP contribution in [0.4, 0.5) is 10.5 Å². The number of benzene rings is 1. The fraction of sp³-hybridized carbons (Fsp3) is 0.357. The Kier molecular flexibility index (Phi) is 3.89. The summed E-state index contributed by atoms with van der Waals surface area (Å²) < 4.78 is 0. The number of nitrogens with zero attached hydrogens (tertiary/aromatic N) is 2. The Hall–Kier alpha value is -2.55. The second kappa shape index (κ2) is 5.61. The van der Waals surface area contributed by atoms with Crippen LogP contribution < -0.4 is 5.32 Å². The van der Waals surface area contributed by atoms with E-state index in [2.05, 4.69) is 5.32 Å². The Balaban J connectivity index is 2.03. The standard InChI is InChI=1S/C14H15N3O3/c1-9-7-17(8-12(9)13(18)19)14(20)16-11-4-2-3-10(5-11)6-15/h2-5,9,12H,7-8H2,1H3,(H,16,20)(H,18,19). The van der Waals surface area contributed by atoms with E-state index in [4.69, 9.17) is 10.4 Å². The van der Waals surface area contributed by atoms with E-state index in [9.17, 15) is 9.59 Å². The number of urea groups is 1. The number of carboxylic acid groups (broad SMARTS) is 1. The zero-order valence-corrected chi connectivity index (χ0v) is 11.0. The lowest BCUT2D eigenvalue weighted by Crippen LogP contribution is -2.33. The highest BCUT2D eigenvalue weighted by atomic mass is 16.4. The van der Waals surface area contributed by atoms with Gasteiger partial charge in [0.25, 0.3) is 0 Å². The number of hydrogen-bond donors (Lipinski definition) is 2. The number of hydrogen-bond acceptors (Lipinski definition) is 3. The molecule has 1 fully saturated rings. The summed E-state index contributed by atoms with van der Waals surface area (Å²) in [5.74, 6) is -1.46. The lowest BCUT2D eigenvalue weighted by molar-refractivity contribution is -0.142. The number of carbonyl (C=O) groups is 2. The molecule has 1 aromatic carbocycles. The van der Waals surface area contributed by atoms with Crippen molar-refractivity contribution >= 4 is 17.7 Å². The van der Waals surface area contributed by atoms with Gasteiger partial charge >= 0.3 is 12.0 Å². The fourth-order valence-electron chi connectivity index (χ4n) is 2.32. The van der Waals surface area contributed by atoms with Crippen molar-refractivity contribution < 1.29 is 14.7 Å². The highest BCUT2D eigenvalue weighted by Gasteiger charge is 2.36. The van der Waals surface area contributed by atoms with E-state index in [-0.39, 0.29) is 18.5 Å². The number of nitriles is 1. The third-order valence-corrected chi connectivity index (χ3v) is 3.46. The maximum atomic E-state index is 12.1. The van der Waals surface area contributed by atoms with Gasteiger partial charge in [0.05, 0.1) is 17.6 Å². The third kappa shape index (κ3) is 2.88. The van der Waals surface area contributed by atoms with Crippen LogP contribution in [-0.4, -0.2) is 35.1 Å². The lowest BCUT2D eigenvalue weighted by atomic mass is 9.99. The average Bonchev–Trinajstić information content (AvgIpc) is 2.81. The summed E-state index contributed by atoms with van der Waals surface area (Å²) in [5.41, 5.74) is 0.987. The summed E-state index contributed by atoms with van der Waals surface area (Å²) >= 11 is 0. The van der Waals surface area contributed by atoms with Crippen LogP contribution in [0, 0.1) is 23.2 Å². The topological polar surface area (TPSA) is 93.4 Å². The molecule has 0 aromatic heterocycles. The quantitative estimate of drug-likeness (QED) is 0.858. The molecule has 0 radical (unpaired) electrons. The van der Waals surface area contributed by atoms with E-state index in [0.717, 1.165) is 0 Å². The Bertz CT molecular complexity index is 579. The van der Waals surface area contributed by atoms with Crippen molar-refractivity contribution in [2.24, 2.45) is 11.8 Å². The normalized spacial score (nSPS) is 21.3. The molecule has 2 atom stereocenters. The van der Waals surface area contributed by atoms with E-state index < -0.39 is 11.9 Å². The Morgan fingerprint density at radius 3 is 2.80 bits per heavy atom. The van der Waals surface area contributed by atoms with Crippen LogP contribution in [0.15, 0.2) is 24.3 Å². The molecule has 1 aliphatic rings. The van der Waals surface area contributed by atoms with Crippen molar-refractivity contribution in [2.75, 3.05) is 18.4 Å². The first-order valence-electron chi connectivity index (χ1n) is 6.30. The fourth-order valence-corrected chi connectivity index (χ4v) is 2.32. The van der Waals surface area contributed by atoms with Crippen LogP contribution in [0.3, 0.4) is 0 Å². The highest BCUT2D eigenvalue weighted by Crippen LogP contribution is 2.24. The lowest BCUT2D eigenvalue weighted by Gasteiger charge is -2.16. The summed E-state index contributed by atoms with van der Waals surface area (Å²) in [7, 11) is 0. The Morgan fingerprint density at radius 2 is 2.20 bits per heavy atom. The van der Waals surface area contributed by atoms with Gasteiger partial charge in [-0.05, 0) is 24.1 Å². The molecule has 1 aromatic rings. The Morgan fingerprint density at radius 1 is 1.45 bits per heavy atom. The van der Waals surface area contributed by atoms with Gasteiger partial charge in [0, 0.05) is 18.8 Å². The number of rotatable bonds is 2. The molecular formula is C14H15N3O3. The number of nitrogens with one attached hydrogen (secondary N) is 1. The molecule has 1 heterocycles. The number of carbonyl (C=O) groups excluding carboxylic acids is 1. The summed E-state index contributed by atoms with van der Waals surface area (Å²) in [6.07, 6.45) is 0. The number of anilines is 1. The van der Waals surface area contributed by atoms with Crippen molar-refractivity contribution in [2.45, 2.75) is 6.92 Å². The van der Waals surface area contributed by atoms with Gasteiger partial charge < -0.3 is 15.3 Å². The van der Waals surface area contributed by atoms with Gasteiger partial charge in [-0.15, -0.1) is 0 Å². The maximum Gasteiger partial charge on any atom is 0.321 e. The minimum absolute atomic E-state index is 0.0660. The van der Waals surface area contributed by atoms with Crippen LogP contribution in [0.25, 0.3) is 0 Å². The molecule has 0 saturated carbocycles. The van der Waals surface area contributed by atoms with Gasteiger partial charge in [-0.1, -0.05) is 13.0 Å². The van der Waals surface area contributed by atoms with Crippen LogP contribution >= 0.6 is 0 Å². The van der Waals surface area contributed by atoms with Crippen LogP contribution in [0.1, 0.15) is 12.5 Å². The van der Waals surface area contributed by atoms with Crippen molar-refractivity contribution in [1.29, 1.82) is 5.26 Å². The number of likely N-dealkylation sites (tertiary alicyclic amines) is 1. The second-order valence-corrected chi connectivity index (χ2v) is 4.95. The van der Waals surface area contributed by atoms with Crippen LogP contribution in [0.2, 0.25) is 0 Å². The first kappa shape index (κ1) is 13.9. The van der Waals surface area contributed by atoms with Crippen molar-refractivity contribution in [1.82, 2.24) is 4.90 Å². The van der Waals surface area contributed by atoms with Gasteiger partial charge in [-0.3, -0.25) is 4.79 Å². The van der Waals surface area contributed by atoms with E-state index in [1.807, 2.05) is 13.0 Å². The minimum atomic E-state index is -0.876. The molecule has 6 heteroatoms. The van der Waals surface area contributed by atoms with E-state index >= 15 is 0 Å². The highest BCUT2D eigenvalue weighted by molar-refractivity contribution is 5.90. The van der Waals surface area contributed by atoms with Crippen molar-refractivity contribution in [3.8, 4) is 6.07 Å². The van der Waals surface area contributed by atoms with E-state index in [0.29, 0.717) is 17.8 Å². The first-order valence-corrected chi connectivity index (χ1v) is 6.30. The maximum absolute atomic E-state index is 12.1. The number of aliphatic carboxylic acids is 1. The number of amides is 2. The van der Waals surface area contributed by atoms with Gasteiger partial charge in [0.2, 0.25) is 0 Å². The molecule has 0 aliphatic carbocycles. The molecule has 1 aliphatic heterocycles. The molecule has 2 amide bonds. The van der Waals surface area contributed by atoms with Crippen molar-refractivity contribution in [3.05, 3.63) is 29.8 Å². The Labute approximate surface area is 116 Å². The van der Waals surface area contributed by atoms with E-state index in [1.54, 1.807) is 24.3 Å². The monoisotopic (exact) mass is 273 g/mol. The SMILES string of the molecule is CC1CN(C(=O)Nc2cccc(C#N)c2)CC1C(=O)O. The minimum Gasteiger partial charge on any atom is -0.481 e. The predicted octanol–water partition coefficient (Wildman–Crippen LogP) is 1.74.